The number of anilines is 1. The maximum atomic E-state index is 12.7. The smallest absolute Gasteiger partial charge is 0.214 e. The van der Waals surface area contributed by atoms with E-state index in [1.807, 2.05) is 6.92 Å². The summed E-state index contributed by atoms with van der Waals surface area (Å²) in [6.07, 6.45) is 0. The van der Waals surface area contributed by atoms with Gasteiger partial charge in [-0.25, -0.2) is 4.98 Å². The molecule has 0 fully saturated rings. The van der Waals surface area contributed by atoms with Crippen LogP contribution in [0.25, 0.3) is 0 Å². The monoisotopic (exact) mass is 224 g/mol. The Kier molecular flexibility index (Phi) is 2.86. The van der Waals surface area contributed by atoms with Gasteiger partial charge >= 0.3 is 0 Å². The van der Waals surface area contributed by atoms with E-state index in [1.54, 1.807) is 12.1 Å². The average molecular weight is 224 g/mol. The predicted molar refractivity (Wildman–Crippen MR) is 56.2 cm³/mol. The van der Waals surface area contributed by atoms with Gasteiger partial charge in [0.05, 0.1) is 17.1 Å². The van der Waals surface area contributed by atoms with E-state index >= 15 is 0 Å². The molecule has 4 nitrogen and oxygen atoms in total. The molecule has 15 heavy (non-hydrogen) atoms. The van der Waals surface area contributed by atoms with Crippen LogP contribution < -0.4 is 5.32 Å². The molecule has 0 aliphatic carbocycles. The molecule has 0 aromatic carbocycles. The van der Waals surface area contributed by atoms with Gasteiger partial charge in [-0.05, 0) is 30.6 Å². The normalized spacial score (nSPS) is 10.3. The Morgan fingerprint density at radius 1 is 1.47 bits per heavy atom. The molecule has 0 aliphatic rings. The number of hydrogen-bond donors (Lipinski definition) is 1. The number of nitrogens with one attached hydrogen (secondary N) is 1. The molecule has 6 heteroatoms. The van der Waals surface area contributed by atoms with Crippen molar-refractivity contribution >= 4 is 17.4 Å². The Hall–Kier alpha value is -1.56. The number of aromatic nitrogens is 3. The van der Waals surface area contributed by atoms with Gasteiger partial charge in [-0.15, -0.1) is 5.10 Å². The number of hydrogen-bond acceptors (Lipinski definition) is 5. The fourth-order valence-electron chi connectivity index (χ4n) is 1.09. The number of nitrogens with zero attached hydrogens (tertiary/aromatic N) is 3. The summed E-state index contributed by atoms with van der Waals surface area (Å²) in [5.74, 6) is 0.0296. The van der Waals surface area contributed by atoms with Gasteiger partial charge in [0.2, 0.25) is 5.95 Å². The molecule has 0 radical (unpaired) electrons. The summed E-state index contributed by atoms with van der Waals surface area (Å²) < 4.78 is 16.5. The highest BCUT2D eigenvalue weighted by atomic mass is 32.1. The summed E-state index contributed by atoms with van der Waals surface area (Å²) in [5, 5.41) is 6.89. The zero-order valence-electron chi connectivity index (χ0n) is 8.07. The number of aryl methyl sites for hydroxylation is 1. The molecule has 1 N–H and O–H groups in total. The minimum absolute atomic E-state index is 0.487. The topological polar surface area (TPSA) is 50.7 Å². The third kappa shape index (κ3) is 2.47. The van der Waals surface area contributed by atoms with E-state index in [-0.39, 0.29) is 0 Å². The standard InChI is InChI=1S/C9H9FN4S/c1-6-7(15-14-13-6)5-11-9-4-2-3-8(10)12-9/h2-4H,5H2,1H3,(H,11,12). The fraction of sp³-hybridized carbons (Fsp3) is 0.222. The Labute approximate surface area is 90.3 Å². The highest BCUT2D eigenvalue weighted by Gasteiger charge is 2.03. The highest BCUT2D eigenvalue weighted by molar-refractivity contribution is 7.05. The zero-order chi connectivity index (χ0) is 10.7. The maximum absolute atomic E-state index is 12.7. The van der Waals surface area contributed by atoms with Crippen LogP contribution in [0.2, 0.25) is 0 Å². The third-order valence-corrected chi connectivity index (χ3v) is 2.71. The predicted octanol–water partition coefficient (Wildman–Crippen LogP) is 1.99. The first-order chi connectivity index (χ1) is 7.25. The maximum Gasteiger partial charge on any atom is 0.214 e. The Bertz CT molecular complexity index is 457. The van der Waals surface area contributed by atoms with E-state index in [9.17, 15) is 4.39 Å². The van der Waals surface area contributed by atoms with Crippen LogP contribution in [0, 0.1) is 12.9 Å². The molecule has 0 amide bonds. The first-order valence-electron chi connectivity index (χ1n) is 4.40. The van der Waals surface area contributed by atoms with Crippen molar-refractivity contribution in [2.24, 2.45) is 0 Å². The molecular formula is C9H9FN4S. The van der Waals surface area contributed by atoms with Gasteiger partial charge in [-0.3, -0.25) is 0 Å². The molecule has 0 spiro atoms. The summed E-state index contributed by atoms with van der Waals surface area (Å²) >= 11 is 1.33. The molecule has 0 bridgehead atoms. The van der Waals surface area contributed by atoms with E-state index in [0.717, 1.165) is 10.6 Å². The molecule has 0 aliphatic heterocycles. The van der Waals surface area contributed by atoms with Crippen LogP contribution in [-0.4, -0.2) is 14.6 Å². The Balaban J connectivity index is 2.02. The van der Waals surface area contributed by atoms with Crippen LogP contribution >= 0.6 is 11.5 Å². The van der Waals surface area contributed by atoms with Crippen molar-refractivity contribution < 1.29 is 4.39 Å². The first kappa shape index (κ1) is 9.97. The van der Waals surface area contributed by atoms with Crippen LogP contribution in [0.3, 0.4) is 0 Å². The van der Waals surface area contributed by atoms with Gasteiger partial charge in [-0.2, -0.15) is 4.39 Å². The van der Waals surface area contributed by atoms with Crippen molar-refractivity contribution in [3.05, 3.63) is 34.7 Å². The second-order valence-electron chi connectivity index (χ2n) is 2.98. The van der Waals surface area contributed by atoms with Crippen LogP contribution in [0.4, 0.5) is 10.2 Å². The van der Waals surface area contributed by atoms with Gasteiger partial charge in [0.1, 0.15) is 5.82 Å². The lowest BCUT2D eigenvalue weighted by molar-refractivity contribution is 0.585. The van der Waals surface area contributed by atoms with Gasteiger partial charge in [-0.1, -0.05) is 10.6 Å². The van der Waals surface area contributed by atoms with Crippen molar-refractivity contribution in [2.75, 3.05) is 5.32 Å². The molecule has 2 heterocycles. The molecule has 0 atom stereocenters. The molecular weight excluding hydrogens is 215 g/mol. The lowest BCUT2D eigenvalue weighted by Gasteiger charge is -2.02. The highest BCUT2D eigenvalue weighted by Crippen LogP contribution is 2.11. The Morgan fingerprint density at radius 2 is 2.33 bits per heavy atom. The Morgan fingerprint density at radius 3 is 3.00 bits per heavy atom. The molecule has 0 saturated heterocycles. The second kappa shape index (κ2) is 4.31. The summed E-state index contributed by atoms with van der Waals surface area (Å²) in [7, 11) is 0. The minimum Gasteiger partial charge on any atom is -0.365 e. The molecule has 0 unspecified atom stereocenters. The second-order valence-corrected chi connectivity index (χ2v) is 3.82. The minimum atomic E-state index is -0.487. The number of rotatable bonds is 3. The van der Waals surface area contributed by atoms with Crippen LogP contribution in [0.5, 0.6) is 0 Å². The van der Waals surface area contributed by atoms with E-state index in [1.165, 1.54) is 17.6 Å². The van der Waals surface area contributed by atoms with E-state index in [4.69, 9.17) is 0 Å². The molecule has 2 rings (SSSR count). The lowest BCUT2D eigenvalue weighted by Crippen LogP contribution is -2.01. The van der Waals surface area contributed by atoms with Crippen molar-refractivity contribution in [1.29, 1.82) is 0 Å². The fourth-order valence-corrected chi connectivity index (χ4v) is 1.66. The summed E-state index contributed by atoms with van der Waals surface area (Å²) in [4.78, 5) is 4.72. The molecule has 2 aromatic heterocycles. The number of pyridine rings is 1. The van der Waals surface area contributed by atoms with Gasteiger partial charge in [0.15, 0.2) is 0 Å². The summed E-state index contributed by atoms with van der Waals surface area (Å²) in [6.45, 7) is 2.46. The van der Waals surface area contributed by atoms with Gasteiger partial charge < -0.3 is 5.32 Å². The van der Waals surface area contributed by atoms with Crippen molar-refractivity contribution in [3.63, 3.8) is 0 Å². The quantitative estimate of drug-likeness (QED) is 0.810. The summed E-state index contributed by atoms with van der Waals surface area (Å²) in [6, 6.07) is 4.64. The van der Waals surface area contributed by atoms with E-state index in [0.29, 0.717) is 12.4 Å². The van der Waals surface area contributed by atoms with E-state index in [2.05, 4.69) is 19.9 Å². The lowest BCUT2D eigenvalue weighted by atomic mass is 10.4. The van der Waals surface area contributed by atoms with E-state index < -0.39 is 5.95 Å². The summed E-state index contributed by atoms with van der Waals surface area (Å²) in [5.41, 5.74) is 0.893. The largest absolute Gasteiger partial charge is 0.365 e. The van der Waals surface area contributed by atoms with Crippen LogP contribution in [0.15, 0.2) is 18.2 Å². The van der Waals surface area contributed by atoms with Crippen molar-refractivity contribution in [2.45, 2.75) is 13.5 Å². The average Bonchev–Trinajstić information content (AvgIpc) is 2.61. The molecule has 0 saturated carbocycles. The first-order valence-corrected chi connectivity index (χ1v) is 5.17. The third-order valence-electron chi connectivity index (χ3n) is 1.89. The van der Waals surface area contributed by atoms with Crippen LogP contribution in [-0.2, 0) is 6.54 Å². The van der Waals surface area contributed by atoms with Gasteiger partial charge in [0, 0.05) is 0 Å². The molecule has 2 aromatic rings. The zero-order valence-corrected chi connectivity index (χ0v) is 8.88. The molecule has 78 valence electrons. The van der Waals surface area contributed by atoms with Crippen molar-refractivity contribution in [1.82, 2.24) is 14.6 Å². The van der Waals surface area contributed by atoms with Gasteiger partial charge in [0.25, 0.3) is 0 Å². The SMILES string of the molecule is Cc1nnsc1CNc1cccc(F)n1. The van der Waals surface area contributed by atoms with Crippen molar-refractivity contribution in [3.8, 4) is 0 Å². The number of halogens is 1. The van der Waals surface area contributed by atoms with Crippen LogP contribution in [0.1, 0.15) is 10.6 Å².